The van der Waals surface area contributed by atoms with Gasteiger partial charge in [0.1, 0.15) is 0 Å². The molecule has 2 heteroatoms. The molecule has 0 aromatic heterocycles. The highest BCUT2D eigenvalue weighted by Gasteiger charge is 2.32. The van der Waals surface area contributed by atoms with Gasteiger partial charge in [-0.15, -0.1) is 0 Å². The molecule has 1 saturated carbocycles. The predicted octanol–water partition coefficient (Wildman–Crippen LogP) is 2.83. The number of nitrogens with one attached hydrogen (secondary N) is 1. The van der Waals surface area contributed by atoms with Gasteiger partial charge in [0, 0.05) is 13.2 Å². The quantitative estimate of drug-likeness (QED) is 0.794. The van der Waals surface area contributed by atoms with Gasteiger partial charge >= 0.3 is 0 Å². The Hall–Kier alpha value is -0.0800. The monoisotopic (exact) mass is 225 g/mol. The van der Waals surface area contributed by atoms with Crippen molar-refractivity contribution in [2.24, 2.45) is 17.8 Å². The maximum Gasteiger partial charge on any atom is 0.0497 e. The Bertz CT molecular complexity index is 189. The lowest BCUT2D eigenvalue weighted by molar-refractivity contribution is 0.00582. The Morgan fingerprint density at radius 2 is 2.00 bits per heavy atom. The third-order valence-corrected chi connectivity index (χ3v) is 4.43. The molecule has 0 aromatic rings. The van der Waals surface area contributed by atoms with Crippen molar-refractivity contribution in [2.45, 2.75) is 45.4 Å². The second-order valence-electron chi connectivity index (χ2n) is 5.49. The molecule has 1 saturated heterocycles. The van der Waals surface area contributed by atoms with E-state index in [1.807, 2.05) is 0 Å². The van der Waals surface area contributed by atoms with E-state index in [1.54, 1.807) is 0 Å². The summed E-state index contributed by atoms with van der Waals surface area (Å²) in [6.45, 7) is 6.60. The van der Waals surface area contributed by atoms with Crippen LogP contribution in [0.15, 0.2) is 0 Å². The summed E-state index contributed by atoms with van der Waals surface area (Å²) >= 11 is 0. The molecule has 16 heavy (non-hydrogen) atoms. The zero-order valence-electron chi connectivity index (χ0n) is 10.7. The van der Waals surface area contributed by atoms with E-state index in [2.05, 4.69) is 12.2 Å². The van der Waals surface area contributed by atoms with Gasteiger partial charge in [-0.2, -0.15) is 0 Å². The van der Waals surface area contributed by atoms with Gasteiger partial charge in [-0.05, 0) is 56.5 Å². The first kappa shape index (κ1) is 12.4. The normalized spacial score (nSPS) is 36.2. The molecular weight excluding hydrogens is 198 g/mol. The lowest BCUT2D eigenvalue weighted by atomic mass is 9.71. The van der Waals surface area contributed by atoms with Crippen LogP contribution in [0.5, 0.6) is 0 Å². The fourth-order valence-electron chi connectivity index (χ4n) is 3.54. The summed E-state index contributed by atoms with van der Waals surface area (Å²) in [6, 6.07) is 0. The number of hydrogen-bond acceptors (Lipinski definition) is 2. The molecule has 94 valence electrons. The first-order valence-electron chi connectivity index (χ1n) is 7.20. The Balaban J connectivity index is 1.86. The van der Waals surface area contributed by atoms with Crippen molar-refractivity contribution < 1.29 is 4.74 Å². The number of rotatable bonds is 4. The van der Waals surface area contributed by atoms with E-state index in [4.69, 9.17) is 4.74 Å². The molecule has 2 fully saturated rings. The van der Waals surface area contributed by atoms with Gasteiger partial charge in [-0.1, -0.05) is 19.8 Å². The Morgan fingerprint density at radius 1 is 1.12 bits per heavy atom. The minimum atomic E-state index is 0.859. The van der Waals surface area contributed by atoms with Crippen LogP contribution in [-0.2, 0) is 4.74 Å². The van der Waals surface area contributed by atoms with Crippen molar-refractivity contribution in [1.29, 1.82) is 0 Å². The van der Waals surface area contributed by atoms with Crippen molar-refractivity contribution in [2.75, 3.05) is 26.3 Å². The van der Waals surface area contributed by atoms with E-state index < -0.39 is 0 Å². The predicted molar refractivity (Wildman–Crippen MR) is 67.5 cm³/mol. The molecule has 0 aromatic carbocycles. The van der Waals surface area contributed by atoms with Crippen LogP contribution in [0.1, 0.15) is 45.4 Å². The molecule has 1 aliphatic carbocycles. The fourth-order valence-corrected chi connectivity index (χ4v) is 3.54. The molecule has 3 unspecified atom stereocenters. The van der Waals surface area contributed by atoms with Crippen molar-refractivity contribution in [3.63, 3.8) is 0 Å². The van der Waals surface area contributed by atoms with E-state index in [0.29, 0.717) is 0 Å². The summed E-state index contributed by atoms with van der Waals surface area (Å²) in [4.78, 5) is 0. The lowest BCUT2D eigenvalue weighted by Gasteiger charge is -2.39. The Kier molecular flexibility index (Phi) is 5.11. The molecule has 2 nitrogen and oxygen atoms in total. The van der Waals surface area contributed by atoms with Gasteiger partial charge < -0.3 is 10.1 Å². The molecule has 1 aliphatic heterocycles. The van der Waals surface area contributed by atoms with E-state index in [9.17, 15) is 0 Å². The lowest BCUT2D eigenvalue weighted by Crippen LogP contribution is -2.37. The van der Waals surface area contributed by atoms with Gasteiger partial charge in [0.25, 0.3) is 0 Å². The maximum atomic E-state index is 5.67. The minimum absolute atomic E-state index is 0.859. The molecule has 1 N–H and O–H groups in total. The van der Waals surface area contributed by atoms with Crippen LogP contribution in [0.4, 0.5) is 0 Å². The first-order valence-corrected chi connectivity index (χ1v) is 7.20. The molecule has 1 heterocycles. The average Bonchev–Trinajstić information content (AvgIpc) is 2.38. The van der Waals surface area contributed by atoms with Gasteiger partial charge in [-0.25, -0.2) is 0 Å². The summed E-state index contributed by atoms with van der Waals surface area (Å²) in [7, 11) is 0. The van der Waals surface area contributed by atoms with Crippen molar-refractivity contribution in [3.05, 3.63) is 0 Å². The van der Waals surface area contributed by atoms with Gasteiger partial charge in [0.05, 0.1) is 0 Å². The molecule has 2 rings (SSSR count). The highest BCUT2D eigenvalue weighted by Crippen LogP contribution is 2.38. The summed E-state index contributed by atoms with van der Waals surface area (Å²) < 4.78 is 5.67. The first-order chi connectivity index (χ1) is 7.92. The third-order valence-electron chi connectivity index (χ3n) is 4.43. The number of hydrogen-bond donors (Lipinski definition) is 1. The fraction of sp³-hybridized carbons (Fsp3) is 1.00. The Labute approximate surface area is 100 Å². The van der Waals surface area contributed by atoms with Crippen molar-refractivity contribution >= 4 is 0 Å². The summed E-state index contributed by atoms with van der Waals surface area (Å²) in [5.41, 5.74) is 0. The second kappa shape index (κ2) is 6.61. The third kappa shape index (κ3) is 3.21. The van der Waals surface area contributed by atoms with Crippen molar-refractivity contribution in [3.8, 4) is 0 Å². The summed E-state index contributed by atoms with van der Waals surface area (Å²) in [5, 5.41) is 3.55. The standard InChI is InChI=1S/C14H27NO/c1-2-15-10-12-6-3-4-8-14(12)13-7-5-9-16-11-13/h12-15H,2-11H2,1H3. The zero-order valence-corrected chi connectivity index (χ0v) is 10.7. The Morgan fingerprint density at radius 3 is 2.75 bits per heavy atom. The maximum absolute atomic E-state index is 5.67. The van der Waals surface area contributed by atoms with E-state index in [1.165, 1.54) is 45.1 Å². The zero-order chi connectivity index (χ0) is 11.2. The molecule has 0 bridgehead atoms. The molecule has 0 spiro atoms. The SMILES string of the molecule is CCNCC1CCCCC1C1CCCOC1. The van der Waals surface area contributed by atoms with Crippen molar-refractivity contribution in [1.82, 2.24) is 5.32 Å². The topological polar surface area (TPSA) is 21.3 Å². The molecule has 0 amide bonds. The van der Waals surface area contributed by atoms with E-state index in [0.717, 1.165) is 37.5 Å². The van der Waals surface area contributed by atoms with Crippen LogP contribution in [0.25, 0.3) is 0 Å². The van der Waals surface area contributed by atoms with Gasteiger partial charge in [0.2, 0.25) is 0 Å². The molecular formula is C14H27NO. The van der Waals surface area contributed by atoms with Crippen LogP contribution >= 0.6 is 0 Å². The van der Waals surface area contributed by atoms with E-state index >= 15 is 0 Å². The van der Waals surface area contributed by atoms with Crippen LogP contribution in [0.3, 0.4) is 0 Å². The second-order valence-corrected chi connectivity index (χ2v) is 5.49. The minimum Gasteiger partial charge on any atom is -0.381 e. The van der Waals surface area contributed by atoms with E-state index in [-0.39, 0.29) is 0 Å². The summed E-state index contributed by atoms with van der Waals surface area (Å²) in [6.07, 6.45) is 8.48. The smallest absolute Gasteiger partial charge is 0.0497 e. The van der Waals surface area contributed by atoms with Gasteiger partial charge in [0.15, 0.2) is 0 Å². The van der Waals surface area contributed by atoms with Crippen LogP contribution in [0, 0.1) is 17.8 Å². The van der Waals surface area contributed by atoms with Crippen LogP contribution in [-0.4, -0.2) is 26.3 Å². The number of ether oxygens (including phenoxy) is 1. The molecule has 3 atom stereocenters. The summed E-state index contributed by atoms with van der Waals surface area (Å²) in [5.74, 6) is 2.71. The highest BCUT2D eigenvalue weighted by molar-refractivity contribution is 4.83. The van der Waals surface area contributed by atoms with Crippen LogP contribution < -0.4 is 5.32 Å². The largest absolute Gasteiger partial charge is 0.381 e. The van der Waals surface area contributed by atoms with Crippen LogP contribution in [0.2, 0.25) is 0 Å². The van der Waals surface area contributed by atoms with Gasteiger partial charge in [-0.3, -0.25) is 0 Å². The molecule has 2 aliphatic rings. The molecule has 0 radical (unpaired) electrons. The highest BCUT2D eigenvalue weighted by atomic mass is 16.5. The average molecular weight is 225 g/mol.